The van der Waals surface area contributed by atoms with Crippen molar-refractivity contribution in [2.45, 2.75) is 19.1 Å². The molecule has 0 spiro atoms. The first-order chi connectivity index (χ1) is 4.57. The molecular weight excluding hydrogens is 152 g/mol. The minimum absolute atomic E-state index is 0.337. The summed E-state index contributed by atoms with van der Waals surface area (Å²) < 4.78 is 0. The van der Waals surface area contributed by atoms with Crippen molar-refractivity contribution in [1.82, 2.24) is 0 Å². The summed E-state index contributed by atoms with van der Waals surface area (Å²) in [7, 11) is 0. The van der Waals surface area contributed by atoms with Gasteiger partial charge in [0, 0.05) is 0 Å². The quantitative estimate of drug-likeness (QED) is 0.267. The summed E-state index contributed by atoms with van der Waals surface area (Å²) in [6.45, 7) is 3.26. The van der Waals surface area contributed by atoms with E-state index in [2.05, 4.69) is 5.16 Å². The number of amides is 1. The maximum atomic E-state index is 10.4. The molecule has 0 aromatic carbocycles. The van der Waals surface area contributed by atoms with Crippen LogP contribution in [0.15, 0.2) is 5.16 Å². The van der Waals surface area contributed by atoms with Gasteiger partial charge in [0.15, 0.2) is 0 Å². The second kappa shape index (κ2) is 4.16. The Balaban J connectivity index is 3.80. The van der Waals surface area contributed by atoms with E-state index < -0.39 is 5.91 Å². The molecule has 0 aliphatic carbocycles. The van der Waals surface area contributed by atoms with Crippen molar-refractivity contribution in [3.63, 3.8) is 0 Å². The largest absolute Gasteiger partial charge is 0.410 e. The lowest BCUT2D eigenvalue weighted by Gasteiger charge is -2.03. The van der Waals surface area contributed by atoms with E-state index in [0.717, 1.165) is 11.8 Å². The van der Waals surface area contributed by atoms with E-state index in [-0.39, 0.29) is 5.25 Å². The third-order valence-electron chi connectivity index (χ3n) is 0.889. The Kier molecular flexibility index (Phi) is 3.87. The highest BCUT2D eigenvalue weighted by Crippen LogP contribution is 2.10. The minimum Gasteiger partial charge on any atom is -0.410 e. The molecule has 1 amide bonds. The second-order valence-corrected chi connectivity index (χ2v) is 3.32. The highest BCUT2D eigenvalue weighted by Gasteiger charge is 2.10. The van der Waals surface area contributed by atoms with Crippen LogP contribution in [0.5, 0.6) is 0 Å². The number of hydrogen-bond donors (Lipinski definition) is 2. The fourth-order valence-electron chi connectivity index (χ4n) is 0.337. The Morgan fingerprint density at radius 3 is 2.60 bits per heavy atom. The number of oxime groups is 1. The lowest BCUT2D eigenvalue weighted by molar-refractivity contribution is -0.117. The number of carbonyl (C=O) groups excluding carboxylic acids is 1. The minimum atomic E-state index is -0.409. The highest BCUT2D eigenvalue weighted by atomic mass is 32.2. The van der Waals surface area contributed by atoms with Gasteiger partial charge >= 0.3 is 0 Å². The highest BCUT2D eigenvalue weighted by molar-refractivity contribution is 8.14. The maximum Gasteiger partial charge on any atom is 0.230 e. The van der Waals surface area contributed by atoms with Gasteiger partial charge in [0.1, 0.15) is 5.04 Å². The van der Waals surface area contributed by atoms with Crippen LogP contribution in [0.3, 0.4) is 0 Å². The maximum absolute atomic E-state index is 10.4. The third-order valence-corrected chi connectivity index (χ3v) is 1.90. The van der Waals surface area contributed by atoms with Crippen LogP contribution in [0.1, 0.15) is 13.8 Å². The summed E-state index contributed by atoms with van der Waals surface area (Å²) >= 11 is 1.13. The number of rotatable bonds is 2. The van der Waals surface area contributed by atoms with Crippen molar-refractivity contribution < 1.29 is 10.0 Å². The molecule has 0 aromatic rings. The summed E-state index contributed by atoms with van der Waals surface area (Å²) in [5.41, 5.74) is 4.94. The molecule has 10 heavy (non-hydrogen) atoms. The van der Waals surface area contributed by atoms with Crippen molar-refractivity contribution >= 4 is 22.7 Å². The van der Waals surface area contributed by atoms with Crippen molar-refractivity contribution in [3.05, 3.63) is 0 Å². The Bertz CT molecular complexity index is 158. The number of nitrogens with zero attached hydrogens (tertiary/aromatic N) is 1. The summed E-state index contributed by atoms with van der Waals surface area (Å²) in [4.78, 5) is 10.4. The lowest BCUT2D eigenvalue weighted by atomic mass is 10.5. The van der Waals surface area contributed by atoms with E-state index in [9.17, 15) is 4.79 Å². The third kappa shape index (κ3) is 3.34. The first kappa shape index (κ1) is 9.29. The Morgan fingerprint density at radius 1 is 1.80 bits per heavy atom. The molecule has 0 radical (unpaired) electrons. The zero-order valence-corrected chi connectivity index (χ0v) is 6.68. The van der Waals surface area contributed by atoms with Gasteiger partial charge in [-0.1, -0.05) is 16.9 Å². The summed E-state index contributed by atoms with van der Waals surface area (Å²) in [6.07, 6.45) is 0. The first-order valence-electron chi connectivity index (χ1n) is 2.72. The van der Waals surface area contributed by atoms with Crippen LogP contribution >= 0.6 is 11.8 Å². The van der Waals surface area contributed by atoms with Crippen molar-refractivity contribution in [1.29, 1.82) is 0 Å². The molecule has 0 heterocycles. The molecular formula is C5H10N2O2S. The molecule has 0 bridgehead atoms. The molecule has 1 unspecified atom stereocenters. The number of hydrogen-bond acceptors (Lipinski definition) is 4. The molecule has 0 saturated carbocycles. The van der Waals surface area contributed by atoms with Crippen LogP contribution in [0, 0.1) is 0 Å². The number of primary amides is 1. The zero-order valence-electron chi connectivity index (χ0n) is 5.87. The summed E-state index contributed by atoms with van der Waals surface area (Å²) in [5.74, 6) is -0.409. The molecule has 0 saturated heterocycles. The van der Waals surface area contributed by atoms with E-state index in [4.69, 9.17) is 10.9 Å². The predicted octanol–water partition coefficient (Wildman–Crippen LogP) is 0.401. The summed E-state index contributed by atoms with van der Waals surface area (Å²) in [6, 6.07) is 0. The van der Waals surface area contributed by atoms with Gasteiger partial charge in [-0.15, -0.1) is 0 Å². The van der Waals surface area contributed by atoms with Crippen LogP contribution in [-0.2, 0) is 4.79 Å². The standard InChI is InChI=1S/C5H10N2O2S/c1-3(5(6)8)10-4(2)7-9/h3,9H,1-2H3,(H2,6,8). The van der Waals surface area contributed by atoms with E-state index in [1.807, 2.05) is 0 Å². The molecule has 3 N–H and O–H groups in total. The van der Waals surface area contributed by atoms with Crippen molar-refractivity contribution in [2.24, 2.45) is 10.9 Å². The molecule has 1 atom stereocenters. The average molecular weight is 162 g/mol. The smallest absolute Gasteiger partial charge is 0.230 e. The Labute approximate surface area is 63.5 Å². The zero-order chi connectivity index (χ0) is 8.15. The van der Waals surface area contributed by atoms with E-state index in [1.165, 1.54) is 0 Å². The predicted molar refractivity (Wildman–Crippen MR) is 41.1 cm³/mol. The normalized spacial score (nSPS) is 14.8. The van der Waals surface area contributed by atoms with Gasteiger partial charge in [-0.25, -0.2) is 0 Å². The van der Waals surface area contributed by atoms with Gasteiger partial charge in [0.25, 0.3) is 0 Å². The van der Waals surface area contributed by atoms with Gasteiger partial charge in [-0.3, -0.25) is 4.79 Å². The van der Waals surface area contributed by atoms with Gasteiger partial charge in [-0.2, -0.15) is 0 Å². The van der Waals surface area contributed by atoms with Gasteiger partial charge in [-0.05, 0) is 13.8 Å². The van der Waals surface area contributed by atoms with Crippen LogP contribution in [0.2, 0.25) is 0 Å². The molecule has 0 aliphatic rings. The van der Waals surface area contributed by atoms with E-state index in [1.54, 1.807) is 13.8 Å². The number of nitrogens with two attached hydrogens (primary N) is 1. The van der Waals surface area contributed by atoms with Crippen molar-refractivity contribution in [2.75, 3.05) is 0 Å². The lowest BCUT2D eigenvalue weighted by Crippen LogP contribution is -2.23. The fraction of sp³-hybridized carbons (Fsp3) is 0.600. The van der Waals surface area contributed by atoms with Gasteiger partial charge in [0.05, 0.1) is 5.25 Å². The molecule has 0 rings (SSSR count). The Morgan fingerprint density at radius 2 is 2.30 bits per heavy atom. The average Bonchev–Trinajstić information content (AvgIpc) is 1.87. The second-order valence-electron chi connectivity index (χ2n) is 1.78. The first-order valence-corrected chi connectivity index (χ1v) is 3.60. The topological polar surface area (TPSA) is 75.7 Å². The van der Waals surface area contributed by atoms with Crippen LogP contribution in [-0.4, -0.2) is 21.4 Å². The SMILES string of the molecule is CC(=NO)SC(C)C(N)=O. The Hall–Kier alpha value is -0.710. The summed E-state index contributed by atoms with van der Waals surface area (Å²) in [5, 5.41) is 11.2. The van der Waals surface area contributed by atoms with Gasteiger partial charge < -0.3 is 10.9 Å². The van der Waals surface area contributed by atoms with Crippen LogP contribution in [0.4, 0.5) is 0 Å². The monoisotopic (exact) mass is 162 g/mol. The fourth-order valence-corrected chi connectivity index (χ4v) is 1.01. The van der Waals surface area contributed by atoms with E-state index >= 15 is 0 Å². The molecule has 58 valence electrons. The number of thioether (sulfide) groups is 1. The number of carbonyl (C=O) groups is 1. The van der Waals surface area contributed by atoms with Crippen molar-refractivity contribution in [3.8, 4) is 0 Å². The van der Waals surface area contributed by atoms with E-state index in [0.29, 0.717) is 5.04 Å². The molecule has 0 aromatic heterocycles. The molecule has 5 heteroatoms. The molecule has 0 fully saturated rings. The molecule has 0 aliphatic heterocycles. The van der Waals surface area contributed by atoms with Crippen LogP contribution < -0.4 is 5.73 Å². The van der Waals surface area contributed by atoms with Crippen LogP contribution in [0.25, 0.3) is 0 Å². The molecule has 4 nitrogen and oxygen atoms in total. The van der Waals surface area contributed by atoms with Gasteiger partial charge in [0.2, 0.25) is 5.91 Å².